The molecule has 8 heteroatoms. The molecule has 0 spiro atoms. The first-order valence-electron chi connectivity index (χ1n) is 8.97. The molecule has 4 amide bonds. The zero-order chi connectivity index (χ0) is 21.1. The summed E-state index contributed by atoms with van der Waals surface area (Å²) in [6.07, 6.45) is 1.40. The van der Waals surface area contributed by atoms with E-state index < -0.39 is 23.8 Å². The van der Waals surface area contributed by atoms with Crippen molar-refractivity contribution in [3.8, 4) is 5.75 Å². The largest absolute Gasteiger partial charge is 0.481 e. The number of nitrogens with zero attached hydrogens (tertiary/aromatic N) is 2. The van der Waals surface area contributed by atoms with Crippen LogP contribution in [0.2, 0.25) is 0 Å². The van der Waals surface area contributed by atoms with Crippen LogP contribution in [-0.4, -0.2) is 60.9 Å². The minimum absolute atomic E-state index is 0.174. The van der Waals surface area contributed by atoms with Gasteiger partial charge in [0.15, 0.2) is 6.61 Å². The van der Waals surface area contributed by atoms with Crippen molar-refractivity contribution in [2.24, 2.45) is 0 Å². The van der Waals surface area contributed by atoms with Crippen molar-refractivity contribution in [2.45, 2.75) is 6.92 Å². The molecule has 0 unspecified atom stereocenters. The van der Waals surface area contributed by atoms with Gasteiger partial charge >= 0.3 is 12.0 Å². The maximum absolute atomic E-state index is 12.6. The molecule has 3 rings (SSSR count). The van der Waals surface area contributed by atoms with Gasteiger partial charge < -0.3 is 9.47 Å². The topological polar surface area (TPSA) is 93.2 Å². The third kappa shape index (κ3) is 3.82. The number of imide groups is 2. The highest BCUT2D eigenvalue weighted by Gasteiger charge is 2.38. The molecule has 1 heterocycles. The van der Waals surface area contributed by atoms with Crippen LogP contribution in [0.1, 0.15) is 12.5 Å². The van der Waals surface area contributed by atoms with Crippen LogP contribution in [0.3, 0.4) is 0 Å². The van der Waals surface area contributed by atoms with Crippen molar-refractivity contribution < 1.29 is 28.7 Å². The van der Waals surface area contributed by atoms with E-state index in [9.17, 15) is 19.2 Å². The van der Waals surface area contributed by atoms with Crippen molar-refractivity contribution in [1.82, 2.24) is 9.80 Å². The van der Waals surface area contributed by atoms with E-state index in [1.807, 2.05) is 30.3 Å². The fourth-order valence-corrected chi connectivity index (χ4v) is 3.01. The predicted octanol–water partition coefficient (Wildman–Crippen LogP) is 2.22. The molecule has 0 radical (unpaired) electrons. The van der Waals surface area contributed by atoms with Crippen LogP contribution < -0.4 is 4.74 Å². The van der Waals surface area contributed by atoms with Crippen LogP contribution in [0.25, 0.3) is 16.8 Å². The Balaban J connectivity index is 2.11. The SMILES string of the molecule is CCOC(=O)COc1ccc2ccccc2c1C=C1C(=O)N(C)C(=O)N(C)C1=O. The molecule has 0 N–H and O–H groups in total. The second-order valence-corrected chi connectivity index (χ2v) is 6.36. The Labute approximate surface area is 167 Å². The number of likely N-dealkylation sites (N-methyl/N-ethyl adjacent to an activating group) is 2. The molecular formula is C21H20N2O6. The van der Waals surface area contributed by atoms with Gasteiger partial charge in [0.2, 0.25) is 0 Å². The summed E-state index contributed by atoms with van der Waals surface area (Å²) in [4.78, 5) is 50.5. The van der Waals surface area contributed by atoms with Crippen molar-refractivity contribution in [2.75, 3.05) is 27.3 Å². The summed E-state index contributed by atoms with van der Waals surface area (Å²) in [7, 11) is 2.62. The number of fused-ring (bicyclic) bond motifs is 1. The molecular weight excluding hydrogens is 376 g/mol. The van der Waals surface area contributed by atoms with E-state index in [0.717, 1.165) is 20.6 Å². The Bertz CT molecular complexity index is 1020. The van der Waals surface area contributed by atoms with Crippen LogP contribution in [-0.2, 0) is 19.1 Å². The van der Waals surface area contributed by atoms with Gasteiger partial charge in [0.25, 0.3) is 11.8 Å². The van der Waals surface area contributed by atoms with E-state index in [-0.39, 0.29) is 18.8 Å². The standard InChI is InChI=1S/C21H20N2O6/c1-4-28-18(24)12-29-17-10-9-13-7-5-6-8-14(13)15(17)11-16-19(25)22(2)21(27)23(3)20(16)26/h5-11H,4,12H2,1-3H3. The lowest BCUT2D eigenvalue weighted by atomic mass is 9.99. The molecule has 150 valence electrons. The van der Waals surface area contributed by atoms with E-state index in [1.54, 1.807) is 13.0 Å². The van der Waals surface area contributed by atoms with Gasteiger partial charge in [-0.3, -0.25) is 19.4 Å². The van der Waals surface area contributed by atoms with Gasteiger partial charge in [-0.15, -0.1) is 0 Å². The summed E-state index contributed by atoms with van der Waals surface area (Å²) in [5.41, 5.74) is 0.284. The van der Waals surface area contributed by atoms with Crippen molar-refractivity contribution in [3.05, 3.63) is 47.5 Å². The zero-order valence-corrected chi connectivity index (χ0v) is 16.3. The lowest BCUT2D eigenvalue weighted by molar-refractivity contribution is -0.145. The summed E-state index contributed by atoms with van der Waals surface area (Å²) >= 11 is 0. The second-order valence-electron chi connectivity index (χ2n) is 6.36. The van der Waals surface area contributed by atoms with E-state index in [1.165, 1.54) is 20.2 Å². The highest BCUT2D eigenvalue weighted by Crippen LogP contribution is 2.31. The normalized spacial score (nSPS) is 14.4. The van der Waals surface area contributed by atoms with Gasteiger partial charge in [-0.05, 0) is 29.8 Å². The molecule has 1 aliphatic heterocycles. The maximum atomic E-state index is 12.6. The Morgan fingerprint density at radius 3 is 2.31 bits per heavy atom. The fraction of sp³-hybridized carbons (Fsp3) is 0.238. The van der Waals surface area contributed by atoms with Crippen LogP contribution in [0.4, 0.5) is 4.79 Å². The summed E-state index contributed by atoms with van der Waals surface area (Å²) < 4.78 is 10.5. The Morgan fingerprint density at radius 2 is 1.66 bits per heavy atom. The number of hydrogen-bond donors (Lipinski definition) is 0. The molecule has 0 aromatic heterocycles. The number of ether oxygens (including phenoxy) is 2. The van der Waals surface area contributed by atoms with Crippen molar-refractivity contribution in [1.29, 1.82) is 0 Å². The number of benzene rings is 2. The number of esters is 1. The monoisotopic (exact) mass is 396 g/mol. The first kappa shape index (κ1) is 20.1. The number of amides is 4. The lowest BCUT2D eigenvalue weighted by Gasteiger charge is -2.29. The summed E-state index contributed by atoms with van der Waals surface area (Å²) in [6.45, 7) is 1.60. The number of rotatable bonds is 5. The molecule has 1 fully saturated rings. The number of barbiturate groups is 1. The summed E-state index contributed by atoms with van der Waals surface area (Å²) in [5.74, 6) is -1.63. The maximum Gasteiger partial charge on any atom is 0.344 e. The first-order chi connectivity index (χ1) is 13.8. The minimum atomic E-state index is -0.706. The molecule has 1 aliphatic rings. The van der Waals surface area contributed by atoms with Gasteiger partial charge in [0, 0.05) is 19.7 Å². The predicted molar refractivity (Wildman–Crippen MR) is 105 cm³/mol. The Hall–Kier alpha value is -3.68. The molecule has 29 heavy (non-hydrogen) atoms. The van der Waals surface area contributed by atoms with E-state index in [4.69, 9.17) is 9.47 Å². The van der Waals surface area contributed by atoms with E-state index >= 15 is 0 Å². The van der Waals surface area contributed by atoms with Crippen LogP contribution in [0, 0.1) is 0 Å². The number of hydrogen-bond acceptors (Lipinski definition) is 6. The molecule has 8 nitrogen and oxygen atoms in total. The molecule has 0 atom stereocenters. The average molecular weight is 396 g/mol. The summed E-state index contributed by atoms with van der Waals surface area (Å²) in [6, 6.07) is 10.1. The van der Waals surface area contributed by atoms with E-state index in [2.05, 4.69) is 0 Å². The third-order valence-corrected chi connectivity index (χ3v) is 4.51. The Kier molecular flexibility index (Phi) is 5.63. The summed E-state index contributed by atoms with van der Waals surface area (Å²) in [5, 5.41) is 1.58. The lowest BCUT2D eigenvalue weighted by Crippen LogP contribution is -2.52. The van der Waals surface area contributed by atoms with Gasteiger partial charge in [0.05, 0.1) is 6.61 Å². The molecule has 1 saturated heterocycles. The molecule has 0 saturated carbocycles. The van der Waals surface area contributed by atoms with Crippen LogP contribution in [0.5, 0.6) is 5.75 Å². The van der Waals surface area contributed by atoms with Gasteiger partial charge in [0.1, 0.15) is 11.3 Å². The second kappa shape index (κ2) is 8.14. The highest BCUT2D eigenvalue weighted by molar-refractivity contribution is 6.31. The number of carbonyl (C=O) groups excluding carboxylic acids is 4. The van der Waals surface area contributed by atoms with Gasteiger partial charge in [-0.2, -0.15) is 0 Å². The highest BCUT2D eigenvalue weighted by atomic mass is 16.6. The van der Waals surface area contributed by atoms with Gasteiger partial charge in [-0.1, -0.05) is 30.3 Å². The quantitative estimate of drug-likeness (QED) is 0.437. The van der Waals surface area contributed by atoms with Crippen LogP contribution in [0.15, 0.2) is 42.0 Å². The van der Waals surface area contributed by atoms with Crippen molar-refractivity contribution in [3.63, 3.8) is 0 Å². The molecule has 2 aromatic carbocycles. The smallest absolute Gasteiger partial charge is 0.344 e. The van der Waals surface area contributed by atoms with E-state index in [0.29, 0.717) is 11.3 Å². The fourth-order valence-electron chi connectivity index (χ4n) is 3.01. The molecule has 0 aliphatic carbocycles. The zero-order valence-electron chi connectivity index (χ0n) is 16.3. The number of carbonyl (C=O) groups is 4. The number of urea groups is 1. The van der Waals surface area contributed by atoms with Crippen molar-refractivity contribution >= 4 is 40.7 Å². The third-order valence-electron chi connectivity index (χ3n) is 4.51. The van der Waals surface area contributed by atoms with Crippen LogP contribution >= 0.6 is 0 Å². The Morgan fingerprint density at radius 1 is 1.00 bits per heavy atom. The minimum Gasteiger partial charge on any atom is -0.481 e. The van der Waals surface area contributed by atoms with Gasteiger partial charge in [-0.25, -0.2) is 9.59 Å². The first-order valence-corrected chi connectivity index (χ1v) is 8.97. The molecule has 0 bridgehead atoms. The molecule has 2 aromatic rings. The average Bonchev–Trinajstić information content (AvgIpc) is 2.73.